The van der Waals surface area contributed by atoms with Gasteiger partial charge in [0.05, 0.1) is 19.6 Å². The van der Waals surface area contributed by atoms with Crippen LogP contribution in [0.3, 0.4) is 0 Å². The standard InChI is InChI=1S/C11H12O4/c1-14-11(13)8-4-5-15-10-3-2-7(12)6-9(8)10/h2-3,6,8,12H,4-5H2,1H3. The first-order valence-electron chi connectivity index (χ1n) is 4.76. The van der Waals surface area contributed by atoms with Gasteiger partial charge in [0.1, 0.15) is 11.5 Å². The summed E-state index contributed by atoms with van der Waals surface area (Å²) in [6, 6.07) is 4.76. The third kappa shape index (κ3) is 1.75. The minimum absolute atomic E-state index is 0.133. The molecule has 1 aliphatic rings. The van der Waals surface area contributed by atoms with Gasteiger partial charge in [0.25, 0.3) is 0 Å². The summed E-state index contributed by atoms with van der Waals surface area (Å²) in [5.41, 5.74) is 0.702. The largest absolute Gasteiger partial charge is 0.508 e. The van der Waals surface area contributed by atoms with Gasteiger partial charge in [-0.2, -0.15) is 0 Å². The highest BCUT2D eigenvalue weighted by Crippen LogP contribution is 2.36. The van der Waals surface area contributed by atoms with Crippen molar-refractivity contribution in [2.75, 3.05) is 13.7 Å². The van der Waals surface area contributed by atoms with Crippen LogP contribution in [-0.4, -0.2) is 24.8 Å². The van der Waals surface area contributed by atoms with Gasteiger partial charge in [-0.3, -0.25) is 4.79 Å². The number of ether oxygens (including phenoxy) is 2. The molecular formula is C11H12O4. The van der Waals surface area contributed by atoms with Crippen LogP contribution in [0, 0.1) is 0 Å². The van der Waals surface area contributed by atoms with Crippen molar-refractivity contribution in [1.82, 2.24) is 0 Å². The number of esters is 1. The van der Waals surface area contributed by atoms with Crippen molar-refractivity contribution in [3.05, 3.63) is 23.8 Å². The third-order valence-corrected chi connectivity index (χ3v) is 2.52. The zero-order valence-corrected chi connectivity index (χ0v) is 8.40. The second-order valence-electron chi connectivity index (χ2n) is 3.44. The zero-order valence-electron chi connectivity index (χ0n) is 8.40. The van der Waals surface area contributed by atoms with Crippen LogP contribution in [0.1, 0.15) is 17.9 Å². The molecule has 2 rings (SSSR count). The van der Waals surface area contributed by atoms with Crippen molar-refractivity contribution in [1.29, 1.82) is 0 Å². The van der Waals surface area contributed by atoms with Gasteiger partial charge in [0, 0.05) is 5.56 Å². The summed E-state index contributed by atoms with van der Waals surface area (Å²) in [6.45, 7) is 0.498. The van der Waals surface area contributed by atoms with Gasteiger partial charge in [-0.05, 0) is 24.6 Å². The first-order valence-corrected chi connectivity index (χ1v) is 4.76. The second kappa shape index (κ2) is 3.81. The van der Waals surface area contributed by atoms with E-state index in [2.05, 4.69) is 0 Å². The molecule has 0 spiro atoms. The number of fused-ring (bicyclic) bond motifs is 1. The summed E-state index contributed by atoms with van der Waals surface area (Å²) in [5, 5.41) is 9.35. The van der Waals surface area contributed by atoms with E-state index in [0.717, 1.165) is 0 Å². The van der Waals surface area contributed by atoms with Crippen molar-refractivity contribution in [3.8, 4) is 11.5 Å². The number of carbonyl (C=O) groups excluding carboxylic acids is 1. The van der Waals surface area contributed by atoms with Crippen molar-refractivity contribution < 1.29 is 19.4 Å². The summed E-state index contributed by atoms with van der Waals surface area (Å²) in [6.07, 6.45) is 0.586. The topological polar surface area (TPSA) is 55.8 Å². The summed E-state index contributed by atoms with van der Waals surface area (Å²) in [7, 11) is 1.36. The molecule has 80 valence electrons. The van der Waals surface area contributed by atoms with E-state index in [1.807, 2.05) is 0 Å². The van der Waals surface area contributed by atoms with E-state index in [0.29, 0.717) is 24.3 Å². The van der Waals surface area contributed by atoms with Crippen molar-refractivity contribution in [2.45, 2.75) is 12.3 Å². The van der Waals surface area contributed by atoms with E-state index in [1.165, 1.54) is 7.11 Å². The Hall–Kier alpha value is -1.71. The van der Waals surface area contributed by atoms with Crippen molar-refractivity contribution in [2.24, 2.45) is 0 Å². The number of aromatic hydroxyl groups is 1. The van der Waals surface area contributed by atoms with Gasteiger partial charge >= 0.3 is 5.97 Å². The number of rotatable bonds is 1. The lowest BCUT2D eigenvalue weighted by Crippen LogP contribution is -2.22. The normalized spacial score (nSPS) is 18.9. The Balaban J connectivity index is 2.40. The lowest BCUT2D eigenvalue weighted by atomic mass is 9.93. The van der Waals surface area contributed by atoms with Gasteiger partial charge < -0.3 is 14.6 Å². The fraction of sp³-hybridized carbons (Fsp3) is 0.364. The molecule has 1 aliphatic heterocycles. The number of benzene rings is 1. The molecule has 0 aromatic heterocycles. The van der Waals surface area contributed by atoms with Crippen molar-refractivity contribution >= 4 is 5.97 Å². The molecule has 15 heavy (non-hydrogen) atoms. The smallest absolute Gasteiger partial charge is 0.313 e. The predicted molar refractivity (Wildman–Crippen MR) is 53.0 cm³/mol. The van der Waals surface area contributed by atoms with Crippen LogP contribution < -0.4 is 4.74 Å². The van der Waals surface area contributed by atoms with Crippen LogP contribution >= 0.6 is 0 Å². The summed E-state index contributed by atoms with van der Waals surface area (Å²) < 4.78 is 10.1. The molecule has 0 amide bonds. The lowest BCUT2D eigenvalue weighted by molar-refractivity contribution is -0.143. The Morgan fingerprint density at radius 1 is 1.60 bits per heavy atom. The predicted octanol–water partition coefficient (Wildman–Crippen LogP) is 1.43. The molecule has 4 nitrogen and oxygen atoms in total. The molecule has 0 aliphatic carbocycles. The van der Waals surface area contributed by atoms with Gasteiger partial charge in [-0.25, -0.2) is 0 Å². The Morgan fingerprint density at radius 2 is 2.40 bits per heavy atom. The number of phenols is 1. The minimum Gasteiger partial charge on any atom is -0.508 e. The molecule has 0 radical (unpaired) electrons. The molecule has 4 heteroatoms. The van der Waals surface area contributed by atoms with Crippen LogP contribution in [0.5, 0.6) is 11.5 Å². The molecule has 1 aromatic rings. The molecule has 1 heterocycles. The Labute approximate surface area is 87.4 Å². The minimum atomic E-state index is -0.328. The van der Waals surface area contributed by atoms with Crippen molar-refractivity contribution in [3.63, 3.8) is 0 Å². The van der Waals surface area contributed by atoms with Crippen LogP contribution in [0.2, 0.25) is 0 Å². The third-order valence-electron chi connectivity index (χ3n) is 2.52. The summed E-state index contributed by atoms with van der Waals surface area (Å²) in [5.74, 6) is 0.165. The first-order chi connectivity index (χ1) is 7.22. The van der Waals surface area contributed by atoms with Crippen LogP contribution in [0.4, 0.5) is 0 Å². The van der Waals surface area contributed by atoms with Crippen LogP contribution in [0.25, 0.3) is 0 Å². The van der Waals surface area contributed by atoms with Gasteiger partial charge in [0.15, 0.2) is 0 Å². The number of phenolic OH excluding ortho intramolecular Hbond substituents is 1. The number of hydrogen-bond donors (Lipinski definition) is 1. The van der Waals surface area contributed by atoms with Gasteiger partial charge in [0.2, 0.25) is 0 Å². The Morgan fingerprint density at radius 3 is 3.13 bits per heavy atom. The summed E-state index contributed by atoms with van der Waals surface area (Å²) >= 11 is 0. The van der Waals surface area contributed by atoms with E-state index in [9.17, 15) is 9.90 Å². The SMILES string of the molecule is COC(=O)C1CCOc2ccc(O)cc21. The average Bonchev–Trinajstić information content (AvgIpc) is 2.27. The maximum atomic E-state index is 11.5. The monoisotopic (exact) mass is 208 g/mol. The summed E-state index contributed by atoms with van der Waals surface area (Å²) in [4.78, 5) is 11.5. The van der Waals surface area contributed by atoms with Gasteiger partial charge in [-0.15, -0.1) is 0 Å². The van der Waals surface area contributed by atoms with E-state index >= 15 is 0 Å². The van der Waals surface area contributed by atoms with Crippen LogP contribution in [0.15, 0.2) is 18.2 Å². The fourth-order valence-corrected chi connectivity index (χ4v) is 1.77. The molecular weight excluding hydrogens is 196 g/mol. The van der Waals surface area contributed by atoms with E-state index in [1.54, 1.807) is 18.2 Å². The highest BCUT2D eigenvalue weighted by atomic mass is 16.5. The molecule has 1 unspecified atom stereocenters. The quantitative estimate of drug-likeness (QED) is 0.709. The lowest BCUT2D eigenvalue weighted by Gasteiger charge is -2.23. The second-order valence-corrected chi connectivity index (χ2v) is 3.44. The Kier molecular flexibility index (Phi) is 2.49. The molecule has 0 saturated carbocycles. The van der Waals surface area contributed by atoms with E-state index in [4.69, 9.17) is 9.47 Å². The molecule has 0 bridgehead atoms. The number of carbonyl (C=O) groups is 1. The molecule has 1 N–H and O–H groups in total. The van der Waals surface area contributed by atoms with Crippen LogP contribution in [-0.2, 0) is 9.53 Å². The Bertz CT molecular complexity index is 386. The van der Waals surface area contributed by atoms with Gasteiger partial charge in [-0.1, -0.05) is 0 Å². The number of hydrogen-bond acceptors (Lipinski definition) is 4. The highest BCUT2D eigenvalue weighted by molar-refractivity contribution is 5.79. The highest BCUT2D eigenvalue weighted by Gasteiger charge is 2.28. The van der Waals surface area contributed by atoms with E-state index in [-0.39, 0.29) is 17.6 Å². The first kappa shape index (κ1) is 9.83. The maximum Gasteiger partial charge on any atom is 0.313 e. The maximum absolute atomic E-state index is 11.5. The zero-order chi connectivity index (χ0) is 10.8. The molecule has 1 atom stereocenters. The molecule has 0 saturated heterocycles. The average molecular weight is 208 g/mol. The molecule has 1 aromatic carbocycles. The number of methoxy groups -OCH3 is 1. The fourth-order valence-electron chi connectivity index (χ4n) is 1.77. The molecule has 0 fully saturated rings. The van der Waals surface area contributed by atoms with E-state index < -0.39 is 0 Å².